The van der Waals surface area contributed by atoms with Crippen molar-refractivity contribution in [1.29, 1.82) is 0 Å². The van der Waals surface area contributed by atoms with Crippen molar-refractivity contribution < 1.29 is 13.5 Å². The van der Waals surface area contributed by atoms with Crippen molar-refractivity contribution in [3.8, 4) is 0 Å². The van der Waals surface area contributed by atoms with Gasteiger partial charge in [-0.1, -0.05) is 6.42 Å². The van der Waals surface area contributed by atoms with Crippen LogP contribution in [0.5, 0.6) is 0 Å². The van der Waals surface area contributed by atoms with Crippen molar-refractivity contribution in [2.24, 2.45) is 5.92 Å². The van der Waals surface area contributed by atoms with Gasteiger partial charge in [-0.2, -0.15) is 17.4 Å². The molecular weight excluding hydrogens is 290 g/mol. The van der Waals surface area contributed by atoms with Crippen LogP contribution in [-0.2, 0) is 10.2 Å². The summed E-state index contributed by atoms with van der Waals surface area (Å²) in [6, 6.07) is -0.0661. The molecule has 0 radical (unpaired) electrons. The van der Waals surface area contributed by atoms with Crippen LogP contribution in [0.25, 0.3) is 0 Å². The molecule has 2 saturated heterocycles. The third kappa shape index (κ3) is 5.17. The van der Waals surface area contributed by atoms with Crippen molar-refractivity contribution >= 4 is 10.2 Å². The van der Waals surface area contributed by atoms with E-state index in [-0.39, 0.29) is 18.6 Å². The van der Waals surface area contributed by atoms with Gasteiger partial charge < -0.3 is 10.0 Å². The van der Waals surface area contributed by atoms with Crippen LogP contribution in [0, 0.1) is 5.92 Å². The zero-order valence-electron chi connectivity index (χ0n) is 13.0. The van der Waals surface area contributed by atoms with Gasteiger partial charge in [0.05, 0.1) is 0 Å². The Morgan fingerprint density at radius 1 is 1.14 bits per heavy atom. The number of aliphatic hydroxyl groups excluding tert-OH is 1. The molecule has 0 aliphatic carbocycles. The number of rotatable bonds is 6. The van der Waals surface area contributed by atoms with E-state index in [2.05, 4.69) is 9.62 Å². The van der Waals surface area contributed by atoms with Crippen LogP contribution in [0.2, 0.25) is 0 Å². The van der Waals surface area contributed by atoms with Gasteiger partial charge in [0, 0.05) is 32.3 Å². The van der Waals surface area contributed by atoms with Crippen LogP contribution < -0.4 is 4.72 Å². The smallest absolute Gasteiger partial charge is 0.279 e. The maximum atomic E-state index is 12.4. The van der Waals surface area contributed by atoms with Crippen molar-refractivity contribution in [2.75, 3.05) is 39.3 Å². The number of hydrogen-bond acceptors (Lipinski definition) is 4. The lowest BCUT2D eigenvalue weighted by Gasteiger charge is -2.33. The summed E-state index contributed by atoms with van der Waals surface area (Å²) < 4.78 is 29.1. The number of aliphatic hydroxyl groups is 1. The third-order valence-corrected chi connectivity index (χ3v) is 6.25. The molecule has 0 amide bonds. The highest BCUT2D eigenvalue weighted by Crippen LogP contribution is 2.18. The molecule has 0 bridgehead atoms. The maximum Gasteiger partial charge on any atom is 0.279 e. The van der Waals surface area contributed by atoms with Crippen LogP contribution in [0.15, 0.2) is 0 Å². The number of piperidine rings is 2. The van der Waals surface area contributed by atoms with Gasteiger partial charge in [-0.3, -0.25) is 0 Å². The normalized spacial score (nSPS) is 25.0. The molecule has 1 atom stereocenters. The standard InChI is InChI=1S/C14H29N3O3S/c1-13(11-16-7-3-2-4-8-16)15-21(19,20)17-9-5-14(12-18)6-10-17/h13-15,18H,2-12H2,1H3. The van der Waals surface area contributed by atoms with Gasteiger partial charge in [0.15, 0.2) is 0 Å². The van der Waals surface area contributed by atoms with E-state index in [9.17, 15) is 8.42 Å². The molecule has 2 rings (SSSR count). The van der Waals surface area contributed by atoms with Gasteiger partial charge in [0.2, 0.25) is 0 Å². The first-order valence-electron chi connectivity index (χ1n) is 8.12. The summed E-state index contributed by atoms with van der Waals surface area (Å²) in [4.78, 5) is 2.34. The number of nitrogens with one attached hydrogen (secondary N) is 1. The molecule has 124 valence electrons. The first-order valence-corrected chi connectivity index (χ1v) is 9.56. The second-order valence-corrected chi connectivity index (χ2v) is 8.11. The minimum atomic E-state index is -3.39. The van der Waals surface area contributed by atoms with Gasteiger partial charge in [-0.05, 0) is 51.6 Å². The fourth-order valence-electron chi connectivity index (χ4n) is 3.23. The monoisotopic (exact) mass is 319 g/mol. The van der Waals surface area contributed by atoms with Gasteiger partial charge >= 0.3 is 0 Å². The molecule has 0 aromatic heterocycles. The fraction of sp³-hybridized carbons (Fsp3) is 1.00. The second kappa shape index (κ2) is 7.87. The summed E-state index contributed by atoms with van der Waals surface area (Å²) in [6.07, 6.45) is 5.22. The summed E-state index contributed by atoms with van der Waals surface area (Å²) in [5.74, 6) is 0.252. The van der Waals surface area contributed by atoms with E-state index in [0.717, 1.165) is 32.5 Å². The van der Waals surface area contributed by atoms with E-state index in [0.29, 0.717) is 13.1 Å². The van der Waals surface area contributed by atoms with Gasteiger partial charge in [-0.25, -0.2) is 0 Å². The molecule has 2 aliphatic rings. The molecule has 2 aliphatic heterocycles. The Balaban J connectivity index is 1.79. The fourth-order valence-corrected chi connectivity index (χ4v) is 4.65. The Kier molecular flexibility index (Phi) is 6.43. The minimum absolute atomic E-state index is 0.0661. The molecule has 0 spiro atoms. The second-order valence-electron chi connectivity index (χ2n) is 6.41. The lowest BCUT2D eigenvalue weighted by molar-refractivity contribution is 0.168. The number of nitrogens with zero attached hydrogens (tertiary/aromatic N) is 2. The van der Waals surface area contributed by atoms with Gasteiger partial charge in [0.25, 0.3) is 10.2 Å². The Morgan fingerprint density at radius 3 is 2.33 bits per heavy atom. The molecule has 6 nitrogen and oxygen atoms in total. The summed E-state index contributed by atoms with van der Waals surface area (Å²) in [5, 5.41) is 9.12. The molecule has 2 heterocycles. The maximum absolute atomic E-state index is 12.4. The van der Waals surface area contributed by atoms with E-state index in [1.165, 1.54) is 23.6 Å². The molecule has 7 heteroatoms. The van der Waals surface area contributed by atoms with Crippen LogP contribution in [-0.4, -0.2) is 68.1 Å². The SMILES string of the molecule is CC(CN1CCCCC1)NS(=O)(=O)N1CCC(CO)CC1. The minimum Gasteiger partial charge on any atom is -0.396 e. The first kappa shape index (κ1) is 17.1. The summed E-state index contributed by atoms with van der Waals surface area (Å²) in [7, 11) is -3.39. The van der Waals surface area contributed by atoms with E-state index >= 15 is 0 Å². The Hall–Kier alpha value is -0.210. The highest BCUT2D eigenvalue weighted by molar-refractivity contribution is 7.87. The molecule has 2 fully saturated rings. The quantitative estimate of drug-likeness (QED) is 0.743. The van der Waals surface area contributed by atoms with Crippen LogP contribution in [0.1, 0.15) is 39.0 Å². The topological polar surface area (TPSA) is 72.9 Å². The molecule has 0 aromatic rings. The number of hydrogen-bond donors (Lipinski definition) is 2. The molecule has 21 heavy (non-hydrogen) atoms. The van der Waals surface area contributed by atoms with Crippen molar-refractivity contribution in [3.05, 3.63) is 0 Å². The zero-order valence-corrected chi connectivity index (χ0v) is 13.8. The van der Waals surface area contributed by atoms with Crippen molar-refractivity contribution in [3.63, 3.8) is 0 Å². The van der Waals surface area contributed by atoms with E-state index in [4.69, 9.17) is 5.11 Å². The Bertz CT molecular complexity index is 402. The average Bonchev–Trinajstić information content (AvgIpc) is 2.47. The summed E-state index contributed by atoms with van der Waals surface area (Å²) in [5.41, 5.74) is 0. The van der Waals surface area contributed by atoms with Crippen molar-refractivity contribution in [2.45, 2.75) is 45.1 Å². The summed E-state index contributed by atoms with van der Waals surface area (Å²) >= 11 is 0. The predicted molar refractivity (Wildman–Crippen MR) is 83.2 cm³/mol. The number of likely N-dealkylation sites (tertiary alicyclic amines) is 1. The van der Waals surface area contributed by atoms with E-state index in [1.54, 1.807) is 0 Å². The lowest BCUT2D eigenvalue weighted by Crippen LogP contribution is -2.50. The van der Waals surface area contributed by atoms with E-state index in [1.807, 2.05) is 6.92 Å². The van der Waals surface area contributed by atoms with Crippen LogP contribution >= 0.6 is 0 Å². The van der Waals surface area contributed by atoms with Crippen LogP contribution in [0.4, 0.5) is 0 Å². The predicted octanol–water partition coefficient (Wildman–Crippen LogP) is 0.400. The molecular formula is C14H29N3O3S. The van der Waals surface area contributed by atoms with Crippen LogP contribution in [0.3, 0.4) is 0 Å². The molecule has 0 saturated carbocycles. The highest BCUT2D eigenvalue weighted by Gasteiger charge is 2.29. The largest absolute Gasteiger partial charge is 0.396 e. The zero-order chi connectivity index (χ0) is 15.3. The van der Waals surface area contributed by atoms with Crippen molar-refractivity contribution in [1.82, 2.24) is 13.9 Å². The summed E-state index contributed by atoms with van der Waals surface area (Å²) in [6.45, 7) is 6.06. The Labute approximate surface area is 128 Å². The van der Waals surface area contributed by atoms with E-state index < -0.39 is 10.2 Å². The molecule has 0 aromatic carbocycles. The van der Waals surface area contributed by atoms with Gasteiger partial charge in [0.1, 0.15) is 0 Å². The molecule has 2 N–H and O–H groups in total. The molecule has 1 unspecified atom stereocenters. The highest BCUT2D eigenvalue weighted by atomic mass is 32.2. The third-order valence-electron chi connectivity index (χ3n) is 4.50. The lowest BCUT2D eigenvalue weighted by atomic mass is 10.00. The Morgan fingerprint density at radius 2 is 1.76 bits per heavy atom. The van der Waals surface area contributed by atoms with Gasteiger partial charge in [-0.15, -0.1) is 0 Å². The first-order chi connectivity index (χ1) is 10.0. The average molecular weight is 319 g/mol.